The molecule has 0 aliphatic heterocycles. The van der Waals surface area contributed by atoms with Crippen LogP contribution in [-0.2, 0) is 20.7 Å². The molecule has 1 atom stereocenters. The zero-order valence-electron chi connectivity index (χ0n) is 27.0. The Morgan fingerprint density at radius 3 is 2.27 bits per heavy atom. The van der Waals surface area contributed by atoms with E-state index in [2.05, 4.69) is 46.5 Å². The molecule has 0 bridgehead atoms. The summed E-state index contributed by atoms with van der Waals surface area (Å²) in [5.74, 6) is -0.240. The molecule has 6 N–H and O–H groups in total. The molecule has 0 saturated heterocycles. The number of nitrogens with one attached hydrogen (secondary N) is 6. The Morgan fingerprint density at radius 2 is 1.65 bits per heavy atom. The third-order valence-electron chi connectivity index (χ3n) is 8.06. The molecule has 4 aromatic rings. The van der Waals surface area contributed by atoms with Crippen LogP contribution >= 0.6 is 0 Å². The van der Waals surface area contributed by atoms with E-state index < -0.39 is 34.9 Å². The van der Waals surface area contributed by atoms with Crippen molar-refractivity contribution in [1.82, 2.24) is 41.2 Å². The highest BCUT2D eigenvalue weighted by Crippen LogP contribution is 2.29. The molecule has 5 rings (SSSR count). The van der Waals surface area contributed by atoms with Gasteiger partial charge in [-0.2, -0.15) is 5.21 Å². The quantitative estimate of drug-likeness (QED) is 0.148. The van der Waals surface area contributed by atoms with E-state index in [1.54, 1.807) is 48.5 Å². The Balaban J connectivity index is 1.24. The average Bonchev–Trinajstić information content (AvgIpc) is 3.59. The molecule has 2 heterocycles. The third-order valence-corrected chi connectivity index (χ3v) is 8.06. The number of aromatic nitrogens is 6. The maximum atomic E-state index is 13.6. The number of hydrogen-bond acceptors (Lipinski definition) is 9. The molecule has 3 amide bonds. The summed E-state index contributed by atoms with van der Waals surface area (Å²) in [6, 6.07) is 13.0. The second kappa shape index (κ2) is 14.9. The Hall–Kier alpha value is -5.60. The predicted molar refractivity (Wildman–Crippen MR) is 177 cm³/mol. The van der Waals surface area contributed by atoms with Gasteiger partial charge in [0.25, 0.3) is 5.56 Å². The predicted octanol–water partition coefficient (Wildman–Crippen LogP) is 2.91. The second-order valence-electron chi connectivity index (χ2n) is 12.9. The van der Waals surface area contributed by atoms with Crippen LogP contribution in [-0.4, -0.2) is 66.7 Å². The lowest BCUT2D eigenvalue weighted by Crippen LogP contribution is -2.48. The van der Waals surface area contributed by atoms with Crippen molar-refractivity contribution < 1.29 is 19.1 Å². The first-order valence-corrected chi connectivity index (χ1v) is 15.8. The highest BCUT2D eigenvalue weighted by molar-refractivity contribution is 5.97. The van der Waals surface area contributed by atoms with Gasteiger partial charge in [0.15, 0.2) is 0 Å². The van der Waals surface area contributed by atoms with Crippen molar-refractivity contribution in [1.29, 1.82) is 0 Å². The molecule has 2 aromatic carbocycles. The van der Waals surface area contributed by atoms with Crippen molar-refractivity contribution in [3.8, 4) is 22.5 Å². The van der Waals surface area contributed by atoms with E-state index in [1.165, 1.54) is 6.20 Å². The summed E-state index contributed by atoms with van der Waals surface area (Å²) < 4.78 is 5.32. The summed E-state index contributed by atoms with van der Waals surface area (Å²) in [7, 11) is 0. The summed E-state index contributed by atoms with van der Waals surface area (Å²) in [5.41, 5.74) is 1.18. The molecule has 1 fully saturated rings. The number of rotatable bonds is 10. The fourth-order valence-corrected chi connectivity index (χ4v) is 5.57. The Bertz CT molecular complexity index is 1820. The van der Waals surface area contributed by atoms with Crippen molar-refractivity contribution in [3.05, 3.63) is 81.1 Å². The summed E-state index contributed by atoms with van der Waals surface area (Å²) in [6.45, 7) is 5.90. The minimum atomic E-state index is -0.900. The van der Waals surface area contributed by atoms with Crippen LogP contribution < -0.4 is 27.2 Å². The smallest absolute Gasteiger partial charge is 0.407 e. The SMILES string of the molecule is CC(C)(C)OC(=O)NCC1CCC(C(=O)N[C@@H](Cc2ccc(-c3c[nH]c(=O)[nH]c3=O)cc2)C(=O)Nc2ccc(-c3nn[nH]n3)cc2)CC1. The fourth-order valence-electron chi connectivity index (χ4n) is 5.57. The third kappa shape index (κ3) is 9.24. The molecule has 252 valence electrons. The number of tetrazole rings is 1. The monoisotopic (exact) mass is 657 g/mol. The van der Waals surface area contributed by atoms with Crippen molar-refractivity contribution in [2.24, 2.45) is 11.8 Å². The second-order valence-corrected chi connectivity index (χ2v) is 12.9. The fraction of sp³-hybridized carbons (Fsp3) is 0.394. The van der Waals surface area contributed by atoms with Gasteiger partial charge in [0.1, 0.15) is 11.6 Å². The molecule has 0 unspecified atom stereocenters. The number of benzene rings is 2. The molecule has 2 aromatic heterocycles. The maximum Gasteiger partial charge on any atom is 0.407 e. The zero-order valence-corrected chi connectivity index (χ0v) is 27.0. The number of amides is 3. The molecule has 15 nitrogen and oxygen atoms in total. The van der Waals surface area contributed by atoms with Gasteiger partial charge < -0.3 is 25.7 Å². The van der Waals surface area contributed by atoms with Crippen molar-refractivity contribution in [2.75, 3.05) is 11.9 Å². The van der Waals surface area contributed by atoms with E-state index in [4.69, 9.17) is 4.74 Å². The van der Waals surface area contributed by atoms with Crippen molar-refractivity contribution >= 4 is 23.6 Å². The first kappa shape index (κ1) is 33.8. The summed E-state index contributed by atoms with van der Waals surface area (Å²) in [5, 5.41) is 22.6. The molecule has 15 heteroatoms. The van der Waals surface area contributed by atoms with Gasteiger partial charge >= 0.3 is 11.8 Å². The number of hydrogen-bond donors (Lipinski definition) is 6. The zero-order chi connectivity index (χ0) is 34.3. The minimum Gasteiger partial charge on any atom is -0.444 e. The van der Waals surface area contributed by atoms with Crippen LogP contribution in [0.5, 0.6) is 0 Å². The van der Waals surface area contributed by atoms with Gasteiger partial charge in [-0.05, 0) is 93.0 Å². The number of carbonyl (C=O) groups is 3. The van der Waals surface area contributed by atoms with Crippen LogP contribution in [0.2, 0.25) is 0 Å². The van der Waals surface area contributed by atoms with Gasteiger partial charge in [-0.1, -0.05) is 24.3 Å². The molecule has 1 saturated carbocycles. The number of alkyl carbamates (subject to hydrolysis) is 1. The van der Waals surface area contributed by atoms with Gasteiger partial charge in [0.2, 0.25) is 17.6 Å². The Kier molecular flexibility index (Phi) is 10.5. The number of nitrogens with zero attached hydrogens (tertiary/aromatic N) is 3. The summed E-state index contributed by atoms with van der Waals surface area (Å²) >= 11 is 0. The topological polar surface area (TPSA) is 217 Å². The number of aromatic amines is 3. The lowest BCUT2D eigenvalue weighted by molar-refractivity contribution is -0.130. The molecule has 1 aliphatic carbocycles. The van der Waals surface area contributed by atoms with Crippen LogP contribution in [0, 0.1) is 11.8 Å². The van der Waals surface area contributed by atoms with E-state index >= 15 is 0 Å². The van der Waals surface area contributed by atoms with E-state index in [0.717, 1.165) is 18.4 Å². The number of anilines is 1. The van der Waals surface area contributed by atoms with Gasteiger partial charge in [0.05, 0.1) is 5.56 Å². The van der Waals surface area contributed by atoms with E-state index in [-0.39, 0.29) is 24.2 Å². The maximum absolute atomic E-state index is 13.6. The van der Waals surface area contributed by atoms with Crippen LogP contribution in [0.15, 0.2) is 64.3 Å². The van der Waals surface area contributed by atoms with E-state index in [9.17, 15) is 24.0 Å². The summed E-state index contributed by atoms with van der Waals surface area (Å²) in [4.78, 5) is 67.5. The summed E-state index contributed by atoms with van der Waals surface area (Å²) in [6.07, 6.45) is 3.83. The molecule has 0 spiro atoms. The normalized spacial score (nSPS) is 16.8. The van der Waals surface area contributed by atoms with E-state index in [0.29, 0.717) is 47.6 Å². The lowest BCUT2D eigenvalue weighted by atomic mass is 9.81. The standard InChI is InChI=1S/C33H39N9O6/c1-33(2,3)48-32(47)35-17-20-6-10-23(11-7-20)28(43)37-26(30(45)36-24-14-12-22(13-15-24)27-39-41-42-40-27)16-19-4-8-21(9-5-19)25-18-34-31(46)38-29(25)44/h4-5,8-9,12-15,18,20,23,26H,6-7,10-11,16-17H2,1-3H3,(H,35,47)(H,36,45)(H,37,43)(H2,34,38,44,46)(H,39,40,41,42)/t20?,23?,26-/m0/s1. The van der Waals surface area contributed by atoms with Crippen molar-refractivity contribution in [2.45, 2.75) is 64.5 Å². The van der Waals surface area contributed by atoms with Gasteiger partial charge in [-0.3, -0.25) is 19.4 Å². The number of H-pyrrole nitrogens is 3. The highest BCUT2D eigenvalue weighted by atomic mass is 16.6. The average molecular weight is 658 g/mol. The van der Waals surface area contributed by atoms with Gasteiger partial charge in [-0.15, -0.1) is 10.2 Å². The van der Waals surface area contributed by atoms with Crippen molar-refractivity contribution in [3.63, 3.8) is 0 Å². The highest BCUT2D eigenvalue weighted by Gasteiger charge is 2.30. The van der Waals surface area contributed by atoms with Gasteiger partial charge in [-0.25, -0.2) is 9.59 Å². The molecular weight excluding hydrogens is 618 g/mol. The molecule has 1 aliphatic rings. The number of carbonyl (C=O) groups excluding carboxylic acids is 3. The largest absolute Gasteiger partial charge is 0.444 e. The first-order valence-electron chi connectivity index (χ1n) is 15.8. The van der Waals surface area contributed by atoms with Gasteiger partial charge in [0, 0.05) is 36.3 Å². The minimum absolute atomic E-state index is 0.190. The van der Waals surface area contributed by atoms with Crippen LogP contribution in [0.4, 0.5) is 10.5 Å². The van der Waals surface area contributed by atoms with Crippen LogP contribution in [0.3, 0.4) is 0 Å². The van der Waals surface area contributed by atoms with E-state index in [1.807, 2.05) is 20.8 Å². The molecule has 0 radical (unpaired) electrons. The number of ether oxygens (including phenoxy) is 1. The molecular formula is C33H39N9O6. The Labute approximate surface area is 275 Å². The Morgan fingerprint density at radius 1 is 0.958 bits per heavy atom. The van der Waals surface area contributed by atoms with Crippen LogP contribution in [0.25, 0.3) is 22.5 Å². The first-order chi connectivity index (χ1) is 22.9. The molecule has 48 heavy (non-hydrogen) atoms. The van der Waals surface area contributed by atoms with Crippen LogP contribution in [0.1, 0.15) is 52.0 Å². The lowest BCUT2D eigenvalue weighted by Gasteiger charge is -2.29.